The Bertz CT molecular complexity index is 330. The molecular formula is C11H19N3O. The first-order valence-electron chi connectivity index (χ1n) is 5.34. The van der Waals surface area contributed by atoms with Gasteiger partial charge in [0.1, 0.15) is 11.6 Å². The van der Waals surface area contributed by atoms with Crippen LogP contribution in [-0.2, 0) is 17.8 Å². The lowest BCUT2D eigenvalue weighted by Crippen LogP contribution is -2.32. The lowest BCUT2D eigenvalue weighted by atomic mass is 9.97. The van der Waals surface area contributed by atoms with Gasteiger partial charge in [-0.3, -0.25) is 4.79 Å². The number of carbonyl (C=O) groups is 1. The van der Waals surface area contributed by atoms with Crippen LogP contribution in [0.4, 0.5) is 0 Å². The lowest BCUT2D eigenvalue weighted by molar-refractivity contribution is -0.122. The van der Waals surface area contributed by atoms with Crippen molar-refractivity contribution in [3.8, 4) is 0 Å². The highest BCUT2D eigenvalue weighted by Crippen LogP contribution is 2.07. The molecule has 84 valence electrons. The Morgan fingerprint density at radius 1 is 1.60 bits per heavy atom. The minimum Gasteiger partial charge on any atom is -0.335 e. The summed E-state index contributed by atoms with van der Waals surface area (Å²) in [5, 5.41) is 0. The highest BCUT2D eigenvalue weighted by atomic mass is 16.1. The van der Waals surface area contributed by atoms with E-state index in [1.54, 1.807) is 6.20 Å². The second-order valence-electron chi connectivity index (χ2n) is 3.92. The van der Waals surface area contributed by atoms with Crippen molar-refractivity contribution in [3.05, 3.63) is 18.2 Å². The van der Waals surface area contributed by atoms with E-state index in [-0.39, 0.29) is 17.7 Å². The normalized spacial score (nSPS) is 14.9. The summed E-state index contributed by atoms with van der Waals surface area (Å²) in [5.41, 5.74) is 5.69. The van der Waals surface area contributed by atoms with Gasteiger partial charge >= 0.3 is 0 Å². The predicted octanol–water partition coefficient (Wildman–Crippen LogP) is 0.998. The fourth-order valence-corrected chi connectivity index (χ4v) is 1.41. The zero-order valence-electron chi connectivity index (χ0n) is 9.60. The Hall–Kier alpha value is -1.16. The predicted molar refractivity (Wildman–Crippen MR) is 59.4 cm³/mol. The van der Waals surface area contributed by atoms with Crippen molar-refractivity contribution in [2.24, 2.45) is 11.7 Å². The zero-order valence-corrected chi connectivity index (χ0v) is 9.60. The van der Waals surface area contributed by atoms with Crippen LogP contribution in [0.25, 0.3) is 0 Å². The Balaban J connectivity index is 2.66. The SMILES string of the molecule is CCn1ccnc1CC(=O)C(C)C(C)N. The van der Waals surface area contributed by atoms with Crippen molar-refractivity contribution < 1.29 is 4.79 Å². The van der Waals surface area contributed by atoms with Crippen molar-refractivity contribution >= 4 is 5.78 Å². The van der Waals surface area contributed by atoms with Crippen LogP contribution in [0.5, 0.6) is 0 Å². The molecule has 0 aliphatic carbocycles. The van der Waals surface area contributed by atoms with E-state index in [1.165, 1.54) is 0 Å². The molecule has 15 heavy (non-hydrogen) atoms. The molecule has 0 fully saturated rings. The average molecular weight is 209 g/mol. The van der Waals surface area contributed by atoms with E-state index >= 15 is 0 Å². The molecule has 0 radical (unpaired) electrons. The molecule has 0 saturated heterocycles. The van der Waals surface area contributed by atoms with Gasteiger partial charge in [0.2, 0.25) is 0 Å². The number of aromatic nitrogens is 2. The molecule has 1 aromatic heterocycles. The van der Waals surface area contributed by atoms with Gasteiger partial charge in [-0.05, 0) is 13.8 Å². The summed E-state index contributed by atoms with van der Waals surface area (Å²) >= 11 is 0. The van der Waals surface area contributed by atoms with E-state index < -0.39 is 0 Å². The third-order valence-corrected chi connectivity index (χ3v) is 2.77. The molecule has 2 N–H and O–H groups in total. The van der Waals surface area contributed by atoms with Crippen LogP contribution in [0.15, 0.2) is 12.4 Å². The van der Waals surface area contributed by atoms with Gasteiger partial charge in [0.15, 0.2) is 0 Å². The van der Waals surface area contributed by atoms with Crippen LogP contribution in [0, 0.1) is 5.92 Å². The number of carbonyl (C=O) groups excluding carboxylic acids is 1. The van der Waals surface area contributed by atoms with Gasteiger partial charge in [0, 0.05) is 30.9 Å². The third kappa shape index (κ3) is 2.89. The number of rotatable bonds is 5. The molecule has 0 aliphatic heterocycles. The van der Waals surface area contributed by atoms with Gasteiger partial charge < -0.3 is 10.3 Å². The molecule has 0 spiro atoms. The fourth-order valence-electron chi connectivity index (χ4n) is 1.41. The molecule has 1 aromatic rings. The van der Waals surface area contributed by atoms with E-state index in [4.69, 9.17) is 5.73 Å². The molecule has 1 rings (SSSR count). The second-order valence-corrected chi connectivity index (χ2v) is 3.92. The zero-order chi connectivity index (χ0) is 11.4. The van der Waals surface area contributed by atoms with E-state index in [1.807, 2.05) is 31.5 Å². The Kier molecular flexibility index (Phi) is 4.03. The molecule has 0 amide bonds. The summed E-state index contributed by atoms with van der Waals surface area (Å²) in [4.78, 5) is 16.0. The molecule has 0 bridgehead atoms. The van der Waals surface area contributed by atoms with E-state index in [2.05, 4.69) is 4.98 Å². The summed E-state index contributed by atoms with van der Waals surface area (Å²) in [6, 6.07) is -0.0949. The number of imidazole rings is 1. The molecule has 0 aromatic carbocycles. The molecule has 2 unspecified atom stereocenters. The van der Waals surface area contributed by atoms with Crippen molar-refractivity contribution in [3.63, 3.8) is 0 Å². The molecule has 2 atom stereocenters. The summed E-state index contributed by atoms with van der Waals surface area (Å²) in [7, 11) is 0. The van der Waals surface area contributed by atoms with Gasteiger partial charge in [-0.15, -0.1) is 0 Å². The number of hydrogen-bond acceptors (Lipinski definition) is 3. The standard InChI is InChI=1S/C11H19N3O/c1-4-14-6-5-13-11(14)7-10(15)8(2)9(3)12/h5-6,8-9H,4,7,12H2,1-3H3. The van der Waals surface area contributed by atoms with Gasteiger partial charge in [0.25, 0.3) is 0 Å². The van der Waals surface area contributed by atoms with E-state index in [9.17, 15) is 4.79 Å². The largest absolute Gasteiger partial charge is 0.335 e. The van der Waals surface area contributed by atoms with Gasteiger partial charge in [-0.1, -0.05) is 6.92 Å². The summed E-state index contributed by atoms with van der Waals surface area (Å²) in [6.45, 7) is 6.60. The minimum absolute atomic E-state index is 0.0949. The molecule has 0 aliphatic rings. The topological polar surface area (TPSA) is 60.9 Å². The first kappa shape index (κ1) is 11.9. The molecule has 0 saturated carbocycles. The maximum atomic E-state index is 11.8. The highest BCUT2D eigenvalue weighted by Gasteiger charge is 2.18. The van der Waals surface area contributed by atoms with Crippen LogP contribution in [-0.4, -0.2) is 21.4 Å². The number of Topliss-reactive ketones (excluding diaryl/α,β-unsaturated/α-hetero) is 1. The monoisotopic (exact) mass is 209 g/mol. The molecule has 4 heteroatoms. The van der Waals surface area contributed by atoms with Crippen molar-refractivity contribution in [1.82, 2.24) is 9.55 Å². The van der Waals surface area contributed by atoms with Crippen molar-refractivity contribution in [2.75, 3.05) is 0 Å². The number of nitrogens with two attached hydrogens (primary N) is 1. The lowest BCUT2D eigenvalue weighted by Gasteiger charge is -2.14. The third-order valence-electron chi connectivity index (χ3n) is 2.77. The van der Waals surface area contributed by atoms with Gasteiger partial charge in [-0.2, -0.15) is 0 Å². The number of aryl methyl sites for hydroxylation is 1. The van der Waals surface area contributed by atoms with Crippen LogP contribution in [0.3, 0.4) is 0 Å². The summed E-state index contributed by atoms with van der Waals surface area (Å²) in [5.74, 6) is 0.882. The maximum absolute atomic E-state index is 11.8. The van der Waals surface area contributed by atoms with Crippen LogP contribution >= 0.6 is 0 Å². The molecule has 4 nitrogen and oxygen atoms in total. The molecule has 1 heterocycles. The van der Waals surface area contributed by atoms with Gasteiger partial charge in [0.05, 0.1) is 6.42 Å². The van der Waals surface area contributed by atoms with Crippen molar-refractivity contribution in [1.29, 1.82) is 0 Å². The van der Waals surface area contributed by atoms with Crippen LogP contribution in [0.2, 0.25) is 0 Å². The fraction of sp³-hybridized carbons (Fsp3) is 0.636. The summed E-state index contributed by atoms with van der Waals surface area (Å²) < 4.78 is 1.98. The summed E-state index contributed by atoms with van der Waals surface area (Å²) in [6.07, 6.45) is 3.99. The number of ketones is 1. The van der Waals surface area contributed by atoms with Crippen LogP contribution < -0.4 is 5.73 Å². The van der Waals surface area contributed by atoms with Crippen LogP contribution in [0.1, 0.15) is 26.6 Å². The maximum Gasteiger partial charge on any atom is 0.144 e. The van der Waals surface area contributed by atoms with E-state index in [0.29, 0.717) is 6.42 Å². The highest BCUT2D eigenvalue weighted by molar-refractivity contribution is 5.82. The smallest absolute Gasteiger partial charge is 0.144 e. The first-order chi connectivity index (χ1) is 7.06. The second kappa shape index (κ2) is 5.07. The first-order valence-corrected chi connectivity index (χ1v) is 5.34. The quantitative estimate of drug-likeness (QED) is 0.787. The Labute approximate surface area is 90.5 Å². The average Bonchev–Trinajstić information content (AvgIpc) is 2.63. The van der Waals surface area contributed by atoms with Gasteiger partial charge in [-0.25, -0.2) is 4.98 Å². The Morgan fingerprint density at radius 3 is 2.80 bits per heavy atom. The van der Waals surface area contributed by atoms with Crippen molar-refractivity contribution in [2.45, 2.75) is 39.8 Å². The number of nitrogens with zero attached hydrogens (tertiary/aromatic N) is 2. The number of hydrogen-bond donors (Lipinski definition) is 1. The Morgan fingerprint density at radius 2 is 2.27 bits per heavy atom. The minimum atomic E-state index is -0.105. The molecular weight excluding hydrogens is 190 g/mol. The van der Waals surface area contributed by atoms with E-state index in [0.717, 1.165) is 12.4 Å².